The van der Waals surface area contributed by atoms with E-state index in [0.29, 0.717) is 0 Å². The molecule has 0 saturated carbocycles. The standard InChI is InChI=1S/C14H10BrF/c15-14-3-1-2-11-12(14)7-5-9-4-6-10(16)8-13(9)11/h3-8H,1-2H2. The molecule has 0 amide bonds. The SMILES string of the molecule is Fc1ccc2ccc3c(c2c1)CCC=C3Br. The lowest BCUT2D eigenvalue weighted by Crippen LogP contribution is -1.98. The van der Waals surface area contributed by atoms with Gasteiger partial charge in [0.25, 0.3) is 0 Å². The van der Waals surface area contributed by atoms with E-state index < -0.39 is 0 Å². The van der Waals surface area contributed by atoms with Gasteiger partial charge >= 0.3 is 0 Å². The van der Waals surface area contributed by atoms with Crippen molar-refractivity contribution in [3.63, 3.8) is 0 Å². The number of rotatable bonds is 0. The van der Waals surface area contributed by atoms with Gasteiger partial charge in [0.1, 0.15) is 5.82 Å². The molecule has 3 rings (SSSR count). The molecule has 2 heteroatoms. The summed E-state index contributed by atoms with van der Waals surface area (Å²) in [4.78, 5) is 0. The molecule has 80 valence electrons. The summed E-state index contributed by atoms with van der Waals surface area (Å²) in [5.41, 5.74) is 2.45. The summed E-state index contributed by atoms with van der Waals surface area (Å²) in [6.07, 6.45) is 4.18. The first-order valence-electron chi connectivity index (χ1n) is 5.33. The van der Waals surface area contributed by atoms with Crippen LogP contribution in [0.3, 0.4) is 0 Å². The summed E-state index contributed by atoms with van der Waals surface area (Å²) < 4.78 is 14.4. The molecule has 0 spiro atoms. The van der Waals surface area contributed by atoms with Crippen molar-refractivity contribution in [2.45, 2.75) is 12.8 Å². The van der Waals surface area contributed by atoms with Gasteiger partial charge < -0.3 is 0 Å². The normalized spacial score (nSPS) is 14.8. The second-order valence-corrected chi connectivity index (χ2v) is 4.90. The minimum atomic E-state index is -0.161. The number of halogens is 2. The van der Waals surface area contributed by atoms with Gasteiger partial charge in [-0.25, -0.2) is 4.39 Å². The molecule has 0 fully saturated rings. The highest BCUT2D eigenvalue weighted by Crippen LogP contribution is 2.35. The molecule has 0 aliphatic heterocycles. The number of aryl methyl sites for hydroxylation is 1. The Morgan fingerprint density at radius 2 is 1.94 bits per heavy atom. The Labute approximate surface area is 102 Å². The van der Waals surface area contributed by atoms with Gasteiger partial charge in [0.05, 0.1) is 0 Å². The van der Waals surface area contributed by atoms with E-state index in [9.17, 15) is 4.39 Å². The lowest BCUT2D eigenvalue weighted by Gasteiger charge is -2.16. The Hall–Kier alpha value is -1.15. The van der Waals surface area contributed by atoms with Crippen LogP contribution >= 0.6 is 15.9 Å². The topological polar surface area (TPSA) is 0 Å². The first-order chi connectivity index (χ1) is 7.75. The van der Waals surface area contributed by atoms with Crippen molar-refractivity contribution in [2.75, 3.05) is 0 Å². The summed E-state index contributed by atoms with van der Waals surface area (Å²) in [5.74, 6) is -0.161. The Morgan fingerprint density at radius 1 is 1.12 bits per heavy atom. The zero-order chi connectivity index (χ0) is 11.1. The van der Waals surface area contributed by atoms with Crippen molar-refractivity contribution in [3.05, 3.63) is 53.4 Å². The molecular weight excluding hydrogens is 267 g/mol. The first-order valence-corrected chi connectivity index (χ1v) is 6.12. The van der Waals surface area contributed by atoms with Crippen molar-refractivity contribution in [1.82, 2.24) is 0 Å². The molecule has 0 heterocycles. The van der Waals surface area contributed by atoms with Gasteiger partial charge in [-0.15, -0.1) is 0 Å². The highest BCUT2D eigenvalue weighted by Gasteiger charge is 2.13. The quantitative estimate of drug-likeness (QED) is 0.657. The molecule has 0 radical (unpaired) electrons. The molecule has 16 heavy (non-hydrogen) atoms. The van der Waals surface area contributed by atoms with Crippen molar-refractivity contribution in [3.8, 4) is 0 Å². The zero-order valence-electron chi connectivity index (χ0n) is 8.63. The number of allylic oxidation sites excluding steroid dienone is 1. The van der Waals surface area contributed by atoms with Crippen LogP contribution in [0.2, 0.25) is 0 Å². The van der Waals surface area contributed by atoms with Gasteiger partial charge in [-0.05, 0) is 46.9 Å². The van der Waals surface area contributed by atoms with Crippen molar-refractivity contribution < 1.29 is 4.39 Å². The smallest absolute Gasteiger partial charge is 0.123 e. The van der Waals surface area contributed by atoms with Gasteiger partial charge in [0.2, 0.25) is 0 Å². The van der Waals surface area contributed by atoms with Crippen LogP contribution in [0.5, 0.6) is 0 Å². The lowest BCUT2D eigenvalue weighted by molar-refractivity contribution is 0.629. The van der Waals surface area contributed by atoms with E-state index in [0.717, 1.165) is 28.1 Å². The highest BCUT2D eigenvalue weighted by atomic mass is 79.9. The van der Waals surface area contributed by atoms with E-state index in [-0.39, 0.29) is 5.82 Å². The predicted molar refractivity (Wildman–Crippen MR) is 69.1 cm³/mol. The third-order valence-electron chi connectivity index (χ3n) is 3.07. The molecule has 0 N–H and O–H groups in total. The summed E-state index contributed by atoms with van der Waals surface area (Å²) in [5, 5.41) is 2.16. The van der Waals surface area contributed by atoms with Gasteiger partial charge in [-0.1, -0.05) is 40.2 Å². The third-order valence-corrected chi connectivity index (χ3v) is 3.82. The summed E-state index contributed by atoms with van der Waals surface area (Å²) in [7, 11) is 0. The molecule has 1 aliphatic rings. The number of hydrogen-bond acceptors (Lipinski definition) is 0. The summed E-state index contributed by atoms with van der Waals surface area (Å²) in [6, 6.07) is 9.16. The maximum atomic E-state index is 13.3. The molecule has 0 atom stereocenters. The monoisotopic (exact) mass is 276 g/mol. The van der Waals surface area contributed by atoms with E-state index >= 15 is 0 Å². The molecule has 2 aromatic carbocycles. The Bertz CT molecular complexity index is 599. The fourth-order valence-corrected chi connectivity index (χ4v) is 2.90. The van der Waals surface area contributed by atoms with Crippen LogP contribution in [-0.2, 0) is 6.42 Å². The van der Waals surface area contributed by atoms with Gasteiger partial charge in [0.15, 0.2) is 0 Å². The maximum absolute atomic E-state index is 13.3. The maximum Gasteiger partial charge on any atom is 0.123 e. The zero-order valence-corrected chi connectivity index (χ0v) is 10.2. The predicted octanol–water partition coefficient (Wildman–Crippen LogP) is 4.66. The number of fused-ring (bicyclic) bond motifs is 3. The molecular formula is C14H10BrF. The fourth-order valence-electron chi connectivity index (χ4n) is 2.30. The first kappa shape index (κ1) is 10.0. The Kier molecular flexibility index (Phi) is 2.32. The highest BCUT2D eigenvalue weighted by molar-refractivity contribution is 9.15. The molecule has 2 aromatic rings. The van der Waals surface area contributed by atoms with Crippen LogP contribution in [0.15, 0.2) is 36.4 Å². The number of hydrogen-bond donors (Lipinski definition) is 0. The average Bonchev–Trinajstić information content (AvgIpc) is 2.29. The van der Waals surface area contributed by atoms with E-state index in [1.165, 1.54) is 17.2 Å². The molecule has 1 aliphatic carbocycles. The lowest BCUT2D eigenvalue weighted by atomic mass is 9.92. The van der Waals surface area contributed by atoms with E-state index in [4.69, 9.17) is 0 Å². The second kappa shape index (κ2) is 3.70. The van der Waals surface area contributed by atoms with Crippen LogP contribution < -0.4 is 0 Å². The van der Waals surface area contributed by atoms with Gasteiger partial charge in [-0.2, -0.15) is 0 Å². The molecule has 0 nitrogen and oxygen atoms in total. The van der Waals surface area contributed by atoms with Crippen molar-refractivity contribution in [2.24, 2.45) is 0 Å². The van der Waals surface area contributed by atoms with E-state index in [1.54, 1.807) is 6.07 Å². The summed E-state index contributed by atoms with van der Waals surface area (Å²) >= 11 is 3.56. The van der Waals surface area contributed by atoms with Crippen molar-refractivity contribution in [1.29, 1.82) is 0 Å². The van der Waals surface area contributed by atoms with Crippen LogP contribution in [0.4, 0.5) is 4.39 Å². The second-order valence-electron chi connectivity index (χ2n) is 4.05. The van der Waals surface area contributed by atoms with Crippen LogP contribution in [0, 0.1) is 5.82 Å². The Morgan fingerprint density at radius 3 is 2.81 bits per heavy atom. The minimum absolute atomic E-state index is 0.161. The molecule has 0 unspecified atom stereocenters. The molecule has 0 bridgehead atoms. The number of benzene rings is 2. The average molecular weight is 277 g/mol. The third kappa shape index (κ3) is 1.49. The van der Waals surface area contributed by atoms with Crippen LogP contribution in [0.1, 0.15) is 17.5 Å². The molecule has 0 saturated heterocycles. The van der Waals surface area contributed by atoms with E-state index in [2.05, 4.69) is 28.1 Å². The Balaban J connectivity index is 2.39. The largest absolute Gasteiger partial charge is 0.207 e. The van der Waals surface area contributed by atoms with Crippen LogP contribution in [-0.4, -0.2) is 0 Å². The minimum Gasteiger partial charge on any atom is -0.207 e. The van der Waals surface area contributed by atoms with Gasteiger partial charge in [-0.3, -0.25) is 0 Å². The fraction of sp³-hybridized carbons (Fsp3) is 0.143. The van der Waals surface area contributed by atoms with E-state index in [1.807, 2.05) is 12.1 Å². The van der Waals surface area contributed by atoms with Crippen LogP contribution in [0.25, 0.3) is 15.3 Å². The van der Waals surface area contributed by atoms with Gasteiger partial charge in [0, 0.05) is 4.48 Å². The molecule has 0 aromatic heterocycles. The summed E-state index contributed by atoms with van der Waals surface area (Å²) in [6.45, 7) is 0. The van der Waals surface area contributed by atoms with Crippen molar-refractivity contribution >= 4 is 31.2 Å².